The fourth-order valence-electron chi connectivity index (χ4n) is 4.90. The molecule has 0 aromatic rings. The van der Waals surface area contributed by atoms with E-state index in [1.54, 1.807) is 6.42 Å². The van der Waals surface area contributed by atoms with Crippen molar-refractivity contribution in [3.05, 3.63) is 0 Å². The molecule has 0 spiro atoms. The second-order valence-electron chi connectivity index (χ2n) is 6.63. The Labute approximate surface area is 96.0 Å². The molecule has 0 aromatic heterocycles. The van der Waals surface area contributed by atoms with Gasteiger partial charge in [0, 0.05) is 4.32 Å². The van der Waals surface area contributed by atoms with Gasteiger partial charge in [-0.25, -0.2) is 0 Å². The first-order valence-corrected chi connectivity index (χ1v) is 7.00. The third kappa shape index (κ3) is 1.24. The standard InChI is InChI=1S/C13H21Br/c1-9(2)12-4-10-3-11(5-12)7-13(14,6-10)8-12/h9-11H,3-8H2,1-2H3/t10-,11+,12?,13?. The predicted molar refractivity (Wildman–Crippen MR) is 63.6 cm³/mol. The van der Waals surface area contributed by atoms with Crippen LogP contribution in [0.2, 0.25) is 0 Å². The van der Waals surface area contributed by atoms with E-state index in [-0.39, 0.29) is 0 Å². The van der Waals surface area contributed by atoms with Gasteiger partial charge in [0.25, 0.3) is 0 Å². The molecule has 0 radical (unpaired) electrons. The normalized spacial score (nSPS) is 55.7. The van der Waals surface area contributed by atoms with Gasteiger partial charge in [-0.05, 0) is 61.7 Å². The summed E-state index contributed by atoms with van der Waals surface area (Å²) < 4.78 is 0.557. The molecule has 4 aliphatic carbocycles. The third-order valence-electron chi connectivity index (χ3n) is 5.26. The van der Waals surface area contributed by atoms with Gasteiger partial charge in [0.15, 0.2) is 0 Å². The summed E-state index contributed by atoms with van der Waals surface area (Å²) in [5, 5.41) is 0. The summed E-state index contributed by atoms with van der Waals surface area (Å²) in [4.78, 5) is 0. The lowest BCUT2D eigenvalue weighted by molar-refractivity contribution is -0.0631. The fourth-order valence-corrected chi connectivity index (χ4v) is 6.37. The molecule has 2 unspecified atom stereocenters. The molecule has 0 nitrogen and oxygen atoms in total. The Hall–Kier alpha value is 0.480. The van der Waals surface area contributed by atoms with Crippen molar-refractivity contribution < 1.29 is 0 Å². The highest BCUT2D eigenvalue weighted by Crippen LogP contribution is 2.66. The van der Waals surface area contributed by atoms with Gasteiger partial charge in [-0.3, -0.25) is 0 Å². The van der Waals surface area contributed by atoms with Crippen molar-refractivity contribution in [2.75, 3.05) is 0 Å². The minimum absolute atomic E-state index is 0.557. The number of rotatable bonds is 1. The first-order valence-electron chi connectivity index (χ1n) is 6.20. The Kier molecular flexibility index (Phi) is 1.92. The van der Waals surface area contributed by atoms with E-state index in [0.717, 1.165) is 17.8 Å². The van der Waals surface area contributed by atoms with Crippen LogP contribution >= 0.6 is 15.9 Å². The number of hydrogen-bond acceptors (Lipinski definition) is 0. The first-order chi connectivity index (χ1) is 6.51. The van der Waals surface area contributed by atoms with Crippen LogP contribution in [-0.2, 0) is 0 Å². The molecule has 0 saturated heterocycles. The van der Waals surface area contributed by atoms with E-state index in [9.17, 15) is 0 Å². The van der Waals surface area contributed by atoms with E-state index in [2.05, 4.69) is 29.8 Å². The Balaban J connectivity index is 1.96. The first kappa shape index (κ1) is 9.69. The van der Waals surface area contributed by atoms with Crippen molar-refractivity contribution in [3.8, 4) is 0 Å². The van der Waals surface area contributed by atoms with Crippen LogP contribution in [0.4, 0.5) is 0 Å². The molecule has 14 heavy (non-hydrogen) atoms. The van der Waals surface area contributed by atoms with Gasteiger partial charge in [-0.2, -0.15) is 0 Å². The van der Waals surface area contributed by atoms with E-state index in [0.29, 0.717) is 9.74 Å². The van der Waals surface area contributed by atoms with Gasteiger partial charge >= 0.3 is 0 Å². The monoisotopic (exact) mass is 256 g/mol. The van der Waals surface area contributed by atoms with Gasteiger partial charge in [0.05, 0.1) is 0 Å². The van der Waals surface area contributed by atoms with Gasteiger partial charge in [-0.15, -0.1) is 0 Å². The summed E-state index contributed by atoms with van der Waals surface area (Å²) in [5.74, 6) is 3.00. The van der Waals surface area contributed by atoms with Gasteiger partial charge in [0.2, 0.25) is 0 Å². The fraction of sp³-hybridized carbons (Fsp3) is 1.00. The lowest BCUT2D eigenvalue weighted by Gasteiger charge is -2.62. The molecule has 0 N–H and O–H groups in total. The van der Waals surface area contributed by atoms with Crippen LogP contribution in [-0.4, -0.2) is 4.32 Å². The summed E-state index contributed by atoms with van der Waals surface area (Å²) in [5.41, 5.74) is 0.716. The maximum absolute atomic E-state index is 4.06. The Morgan fingerprint density at radius 2 is 1.64 bits per heavy atom. The smallest absolute Gasteiger partial charge is 0.0268 e. The van der Waals surface area contributed by atoms with Crippen LogP contribution in [0, 0.1) is 23.2 Å². The minimum Gasteiger partial charge on any atom is -0.0853 e. The summed E-state index contributed by atoms with van der Waals surface area (Å²) in [6, 6.07) is 0. The SMILES string of the molecule is CC(C)C12C[C@@H]3C[C@@H](CC(Br)(C3)C1)C2. The third-order valence-corrected chi connectivity index (χ3v) is 6.19. The van der Waals surface area contributed by atoms with Crippen LogP contribution < -0.4 is 0 Å². The van der Waals surface area contributed by atoms with E-state index in [1.165, 1.54) is 32.1 Å². The van der Waals surface area contributed by atoms with Gasteiger partial charge in [0.1, 0.15) is 0 Å². The largest absolute Gasteiger partial charge is 0.0853 e. The summed E-state index contributed by atoms with van der Waals surface area (Å²) >= 11 is 4.06. The average Bonchev–Trinajstić information content (AvgIpc) is 1.98. The van der Waals surface area contributed by atoms with Crippen molar-refractivity contribution in [2.45, 2.75) is 56.7 Å². The van der Waals surface area contributed by atoms with Crippen LogP contribution in [0.5, 0.6) is 0 Å². The quantitative estimate of drug-likeness (QED) is 0.612. The molecule has 1 heteroatoms. The van der Waals surface area contributed by atoms with Gasteiger partial charge in [-0.1, -0.05) is 29.8 Å². The molecule has 4 rings (SSSR count). The van der Waals surface area contributed by atoms with E-state index in [4.69, 9.17) is 0 Å². The lowest BCUT2D eigenvalue weighted by Crippen LogP contribution is -2.54. The molecule has 4 bridgehead atoms. The lowest BCUT2D eigenvalue weighted by atomic mass is 9.47. The summed E-state index contributed by atoms with van der Waals surface area (Å²) in [7, 11) is 0. The van der Waals surface area contributed by atoms with Crippen molar-refractivity contribution >= 4 is 15.9 Å². The zero-order valence-corrected chi connectivity index (χ0v) is 10.9. The second kappa shape index (κ2) is 2.78. The number of hydrogen-bond donors (Lipinski definition) is 0. The van der Waals surface area contributed by atoms with Crippen molar-refractivity contribution in [1.29, 1.82) is 0 Å². The van der Waals surface area contributed by atoms with Gasteiger partial charge < -0.3 is 0 Å². The molecule has 0 aromatic carbocycles. The Bertz CT molecular complexity index is 242. The van der Waals surface area contributed by atoms with E-state index in [1.807, 2.05) is 0 Å². The van der Waals surface area contributed by atoms with Crippen LogP contribution in [0.15, 0.2) is 0 Å². The second-order valence-corrected chi connectivity index (χ2v) is 8.31. The molecule has 4 fully saturated rings. The highest BCUT2D eigenvalue weighted by Gasteiger charge is 2.57. The molecule has 4 atom stereocenters. The maximum atomic E-state index is 4.06. The minimum atomic E-state index is 0.557. The topological polar surface area (TPSA) is 0 Å². The zero-order valence-electron chi connectivity index (χ0n) is 9.35. The van der Waals surface area contributed by atoms with Crippen LogP contribution in [0.25, 0.3) is 0 Å². The molecule has 0 amide bonds. The number of alkyl halides is 1. The molecule has 0 aliphatic heterocycles. The molecule has 80 valence electrons. The highest BCUT2D eigenvalue weighted by atomic mass is 79.9. The zero-order chi connectivity index (χ0) is 9.97. The van der Waals surface area contributed by atoms with Crippen molar-refractivity contribution in [1.82, 2.24) is 0 Å². The molecular weight excluding hydrogens is 236 g/mol. The Morgan fingerprint density at radius 3 is 2.07 bits per heavy atom. The van der Waals surface area contributed by atoms with Crippen molar-refractivity contribution in [2.24, 2.45) is 23.2 Å². The Morgan fingerprint density at radius 1 is 1.07 bits per heavy atom. The average molecular weight is 257 g/mol. The molecule has 4 aliphatic rings. The molecular formula is C13H21Br. The van der Waals surface area contributed by atoms with E-state index >= 15 is 0 Å². The van der Waals surface area contributed by atoms with Crippen molar-refractivity contribution in [3.63, 3.8) is 0 Å². The molecule has 4 saturated carbocycles. The van der Waals surface area contributed by atoms with Crippen LogP contribution in [0.3, 0.4) is 0 Å². The van der Waals surface area contributed by atoms with Crippen LogP contribution in [0.1, 0.15) is 52.4 Å². The van der Waals surface area contributed by atoms with E-state index < -0.39 is 0 Å². The number of halogens is 1. The maximum Gasteiger partial charge on any atom is 0.0268 e. The predicted octanol–water partition coefficient (Wildman–Crippen LogP) is 4.38. The highest BCUT2D eigenvalue weighted by molar-refractivity contribution is 9.10. The summed E-state index contributed by atoms with van der Waals surface area (Å²) in [6.45, 7) is 4.90. The molecule has 0 heterocycles. The summed E-state index contributed by atoms with van der Waals surface area (Å²) in [6.07, 6.45) is 9.02.